The first-order valence-electron chi connectivity index (χ1n) is 6.38. The fraction of sp³-hybridized carbons (Fsp3) is 0.250. The van der Waals surface area contributed by atoms with Crippen molar-refractivity contribution in [2.75, 3.05) is 11.9 Å². The Balaban J connectivity index is 2.20. The van der Waals surface area contributed by atoms with Gasteiger partial charge in [-0.05, 0) is 54.2 Å². The Labute approximate surface area is 107 Å². The fourth-order valence-corrected chi connectivity index (χ4v) is 2.66. The third-order valence-corrected chi connectivity index (χ3v) is 3.65. The molecule has 92 valence electrons. The lowest BCUT2D eigenvalue weighted by atomic mass is 9.91. The standard InChI is InChI=1S/C16H16FN/c1-11-12(5-2-8-15(11)17)13-6-3-9-16-14(13)7-4-10-18-16/h2-3,5-6,8-9,18H,4,7,10H2,1H3. The molecule has 1 heterocycles. The van der Waals surface area contributed by atoms with E-state index in [4.69, 9.17) is 0 Å². The highest BCUT2D eigenvalue weighted by Crippen LogP contribution is 2.34. The number of halogens is 1. The molecule has 1 N–H and O–H groups in total. The van der Waals surface area contributed by atoms with E-state index in [1.165, 1.54) is 17.3 Å². The van der Waals surface area contributed by atoms with E-state index >= 15 is 0 Å². The van der Waals surface area contributed by atoms with Gasteiger partial charge in [-0.25, -0.2) is 4.39 Å². The van der Waals surface area contributed by atoms with Crippen molar-refractivity contribution in [1.29, 1.82) is 0 Å². The lowest BCUT2D eigenvalue weighted by molar-refractivity contribution is 0.619. The van der Waals surface area contributed by atoms with E-state index in [-0.39, 0.29) is 5.82 Å². The number of hydrogen-bond acceptors (Lipinski definition) is 1. The number of anilines is 1. The zero-order valence-electron chi connectivity index (χ0n) is 10.5. The molecule has 0 saturated heterocycles. The van der Waals surface area contributed by atoms with Crippen LogP contribution in [-0.4, -0.2) is 6.54 Å². The van der Waals surface area contributed by atoms with Crippen molar-refractivity contribution in [2.24, 2.45) is 0 Å². The summed E-state index contributed by atoms with van der Waals surface area (Å²) in [5.74, 6) is -0.131. The molecule has 0 spiro atoms. The van der Waals surface area contributed by atoms with E-state index in [0.717, 1.165) is 36.1 Å². The van der Waals surface area contributed by atoms with Gasteiger partial charge in [-0.3, -0.25) is 0 Å². The third-order valence-electron chi connectivity index (χ3n) is 3.65. The number of benzene rings is 2. The van der Waals surface area contributed by atoms with Crippen LogP contribution in [0, 0.1) is 12.7 Å². The van der Waals surface area contributed by atoms with Gasteiger partial charge in [-0.15, -0.1) is 0 Å². The summed E-state index contributed by atoms with van der Waals surface area (Å²) >= 11 is 0. The summed E-state index contributed by atoms with van der Waals surface area (Å²) in [6, 6.07) is 11.5. The van der Waals surface area contributed by atoms with Crippen LogP contribution in [0.25, 0.3) is 11.1 Å². The average molecular weight is 241 g/mol. The predicted octanol–water partition coefficient (Wildman–Crippen LogP) is 4.16. The highest BCUT2D eigenvalue weighted by molar-refractivity contribution is 5.76. The fourth-order valence-electron chi connectivity index (χ4n) is 2.66. The molecule has 1 nitrogen and oxygen atoms in total. The van der Waals surface area contributed by atoms with Crippen molar-refractivity contribution in [3.8, 4) is 11.1 Å². The minimum absolute atomic E-state index is 0.131. The molecule has 0 amide bonds. The molecule has 0 bridgehead atoms. The van der Waals surface area contributed by atoms with Gasteiger partial charge in [0.05, 0.1) is 0 Å². The number of hydrogen-bond donors (Lipinski definition) is 1. The summed E-state index contributed by atoms with van der Waals surface area (Å²) < 4.78 is 13.7. The largest absolute Gasteiger partial charge is 0.385 e. The molecule has 0 saturated carbocycles. The van der Waals surface area contributed by atoms with Crippen LogP contribution >= 0.6 is 0 Å². The first-order valence-corrected chi connectivity index (χ1v) is 6.38. The summed E-state index contributed by atoms with van der Waals surface area (Å²) in [6.07, 6.45) is 2.20. The van der Waals surface area contributed by atoms with Crippen molar-refractivity contribution in [1.82, 2.24) is 0 Å². The second-order valence-corrected chi connectivity index (χ2v) is 4.77. The predicted molar refractivity (Wildman–Crippen MR) is 73.4 cm³/mol. The van der Waals surface area contributed by atoms with Crippen LogP contribution in [0.5, 0.6) is 0 Å². The van der Waals surface area contributed by atoms with Crippen molar-refractivity contribution >= 4 is 5.69 Å². The molecule has 0 fully saturated rings. The van der Waals surface area contributed by atoms with Crippen molar-refractivity contribution in [3.05, 3.63) is 53.3 Å². The van der Waals surface area contributed by atoms with Gasteiger partial charge in [-0.1, -0.05) is 24.3 Å². The van der Waals surface area contributed by atoms with Crippen molar-refractivity contribution < 1.29 is 4.39 Å². The third kappa shape index (κ3) is 1.78. The SMILES string of the molecule is Cc1c(F)cccc1-c1cccc2c1CCCN2. The van der Waals surface area contributed by atoms with Crippen LogP contribution < -0.4 is 5.32 Å². The minimum atomic E-state index is -0.131. The van der Waals surface area contributed by atoms with E-state index in [1.807, 2.05) is 19.1 Å². The molecule has 0 atom stereocenters. The molecule has 0 unspecified atom stereocenters. The molecule has 2 aromatic rings. The molecule has 1 aliphatic heterocycles. The second-order valence-electron chi connectivity index (χ2n) is 4.77. The maximum atomic E-state index is 13.7. The van der Waals surface area contributed by atoms with Crippen LogP contribution in [-0.2, 0) is 6.42 Å². The van der Waals surface area contributed by atoms with Gasteiger partial charge in [0.25, 0.3) is 0 Å². The van der Waals surface area contributed by atoms with Gasteiger partial charge >= 0.3 is 0 Å². The Hall–Kier alpha value is -1.83. The summed E-state index contributed by atoms with van der Waals surface area (Å²) in [7, 11) is 0. The van der Waals surface area contributed by atoms with E-state index < -0.39 is 0 Å². The molecular weight excluding hydrogens is 225 g/mol. The monoisotopic (exact) mass is 241 g/mol. The van der Waals surface area contributed by atoms with Crippen molar-refractivity contribution in [3.63, 3.8) is 0 Å². The van der Waals surface area contributed by atoms with Crippen molar-refractivity contribution in [2.45, 2.75) is 19.8 Å². The molecular formula is C16H16FN. The molecule has 0 radical (unpaired) electrons. The Kier molecular flexibility index (Phi) is 2.78. The average Bonchev–Trinajstić information content (AvgIpc) is 2.41. The lowest BCUT2D eigenvalue weighted by Crippen LogP contribution is -2.12. The van der Waals surface area contributed by atoms with Crippen LogP contribution in [0.1, 0.15) is 17.5 Å². The summed E-state index contributed by atoms with van der Waals surface area (Å²) in [5.41, 5.74) is 5.42. The maximum absolute atomic E-state index is 13.7. The van der Waals surface area contributed by atoms with Gasteiger partial charge < -0.3 is 5.32 Å². The lowest BCUT2D eigenvalue weighted by Gasteiger charge is -2.21. The van der Waals surface area contributed by atoms with E-state index in [2.05, 4.69) is 17.4 Å². The Morgan fingerprint density at radius 1 is 1.06 bits per heavy atom. The van der Waals surface area contributed by atoms with Gasteiger partial charge in [0, 0.05) is 12.2 Å². The molecule has 2 heteroatoms. The highest BCUT2D eigenvalue weighted by Gasteiger charge is 2.15. The number of fused-ring (bicyclic) bond motifs is 1. The van der Waals surface area contributed by atoms with Crippen LogP contribution in [0.3, 0.4) is 0 Å². The Bertz CT molecular complexity index is 590. The summed E-state index contributed by atoms with van der Waals surface area (Å²) in [5, 5.41) is 3.41. The second kappa shape index (κ2) is 4.45. The summed E-state index contributed by atoms with van der Waals surface area (Å²) in [4.78, 5) is 0. The van der Waals surface area contributed by atoms with Gasteiger partial charge in [0.1, 0.15) is 5.82 Å². The van der Waals surface area contributed by atoms with Gasteiger partial charge in [0.15, 0.2) is 0 Å². The molecule has 3 rings (SSSR count). The van der Waals surface area contributed by atoms with Gasteiger partial charge in [0.2, 0.25) is 0 Å². The first kappa shape index (κ1) is 11.3. The normalized spacial score (nSPS) is 13.9. The number of nitrogens with one attached hydrogen (secondary N) is 1. The molecule has 0 aliphatic carbocycles. The highest BCUT2D eigenvalue weighted by atomic mass is 19.1. The zero-order valence-corrected chi connectivity index (χ0v) is 10.5. The molecule has 0 aromatic heterocycles. The van der Waals surface area contributed by atoms with E-state index in [9.17, 15) is 4.39 Å². The van der Waals surface area contributed by atoms with Crippen LogP contribution in [0.4, 0.5) is 10.1 Å². The smallest absolute Gasteiger partial charge is 0.126 e. The molecule has 2 aromatic carbocycles. The van der Waals surface area contributed by atoms with E-state index in [0.29, 0.717) is 0 Å². The molecule has 1 aliphatic rings. The summed E-state index contributed by atoms with van der Waals surface area (Å²) in [6.45, 7) is 2.87. The Morgan fingerprint density at radius 3 is 2.72 bits per heavy atom. The number of rotatable bonds is 1. The minimum Gasteiger partial charge on any atom is -0.385 e. The maximum Gasteiger partial charge on any atom is 0.126 e. The quantitative estimate of drug-likeness (QED) is 0.790. The topological polar surface area (TPSA) is 12.0 Å². The van der Waals surface area contributed by atoms with Crippen LogP contribution in [0.15, 0.2) is 36.4 Å². The van der Waals surface area contributed by atoms with E-state index in [1.54, 1.807) is 6.07 Å². The first-order chi connectivity index (χ1) is 8.77. The molecule has 18 heavy (non-hydrogen) atoms. The van der Waals surface area contributed by atoms with Gasteiger partial charge in [-0.2, -0.15) is 0 Å². The Morgan fingerprint density at radius 2 is 1.83 bits per heavy atom. The zero-order chi connectivity index (χ0) is 12.5. The van der Waals surface area contributed by atoms with Crippen LogP contribution in [0.2, 0.25) is 0 Å².